The molecule has 0 N–H and O–H groups in total. The minimum Gasteiger partial charge on any atom is -0.462 e. The Labute approximate surface area is 139 Å². The second-order valence-electron chi connectivity index (χ2n) is 5.99. The van der Waals surface area contributed by atoms with E-state index in [4.69, 9.17) is 4.74 Å². The number of carbonyl (C=O) groups is 1. The third-order valence-corrected chi connectivity index (χ3v) is 4.27. The minimum atomic E-state index is -0.645. The first kappa shape index (κ1) is 16.4. The van der Waals surface area contributed by atoms with Crippen LogP contribution in [0.3, 0.4) is 0 Å². The van der Waals surface area contributed by atoms with Crippen LogP contribution in [0.2, 0.25) is 0 Å². The van der Waals surface area contributed by atoms with Gasteiger partial charge in [0.25, 0.3) is 0 Å². The number of nitrogens with zero attached hydrogens (tertiary/aromatic N) is 2. The molecule has 2 aromatic rings. The van der Waals surface area contributed by atoms with Crippen LogP contribution in [0.15, 0.2) is 35.5 Å². The minimum absolute atomic E-state index is 0.0141. The molecular weight excluding hydrogens is 311 g/mol. The Morgan fingerprint density at radius 3 is 2.75 bits per heavy atom. The molecule has 0 atom stereocenters. The first-order valence-electron chi connectivity index (χ1n) is 8.11. The Balaban J connectivity index is 2.06. The number of aromatic nitrogens is 2. The average Bonchev–Trinajstić information content (AvgIpc) is 2.53. The second kappa shape index (κ2) is 6.95. The normalized spacial score (nSPS) is 14.2. The van der Waals surface area contributed by atoms with Crippen molar-refractivity contribution < 1.29 is 13.9 Å². The lowest BCUT2D eigenvalue weighted by molar-refractivity contribution is 0.0523. The zero-order valence-electron chi connectivity index (χ0n) is 13.5. The quantitative estimate of drug-likeness (QED) is 0.791. The summed E-state index contributed by atoms with van der Waals surface area (Å²) < 4.78 is 19.9. The maximum Gasteiger partial charge on any atom is 0.343 e. The van der Waals surface area contributed by atoms with E-state index in [1.165, 1.54) is 18.6 Å². The van der Waals surface area contributed by atoms with Gasteiger partial charge in [-0.2, -0.15) is 0 Å². The van der Waals surface area contributed by atoms with Gasteiger partial charge in [0.15, 0.2) is 0 Å². The van der Waals surface area contributed by atoms with Crippen molar-refractivity contribution in [2.75, 3.05) is 6.61 Å². The lowest BCUT2D eigenvalue weighted by atomic mass is 9.85. The molecule has 0 unspecified atom stereocenters. The molecule has 0 amide bonds. The van der Waals surface area contributed by atoms with Gasteiger partial charge in [-0.05, 0) is 37.8 Å². The first-order valence-corrected chi connectivity index (χ1v) is 8.11. The van der Waals surface area contributed by atoms with E-state index in [9.17, 15) is 14.0 Å². The van der Waals surface area contributed by atoms with Crippen molar-refractivity contribution in [1.29, 1.82) is 0 Å². The molecule has 1 saturated carbocycles. The molecule has 1 fully saturated rings. The molecule has 3 rings (SSSR count). The summed E-state index contributed by atoms with van der Waals surface area (Å²) in [6.07, 6.45) is 7.79. The van der Waals surface area contributed by atoms with E-state index in [1.807, 2.05) is 4.57 Å². The number of hydrogen-bond donors (Lipinski definition) is 0. The molecule has 0 radical (unpaired) electrons. The SMILES string of the molecule is CCOC(=O)c1cn(CC2CCC2)cc(-c2ccc(F)cn2)c1=O. The highest BCUT2D eigenvalue weighted by atomic mass is 19.1. The molecule has 0 bridgehead atoms. The summed E-state index contributed by atoms with van der Waals surface area (Å²) in [7, 11) is 0. The monoisotopic (exact) mass is 330 g/mol. The molecule has 0 saturated heterocycles. The fourth-order valence-electron chi connectivity index (χ4n) is 2.78. The molecule has 6 heteroatoms. The maximum atomic E-state index is 13.1. The summed E-state index contributed by atoms with van der Waals surface area (Å²) in [5.41, 5.74) is 0.159. The van der Waals surface area contributed by atoms with Crippen molar-refractivity contribution >= 4 is 5.97 Å². The number of ether oxygens (including phenoxy) is 1. The second-order valence-corrected chi connectivity index (χ2v) is 5.99. The highest BCUT2D eigenvalue weighted by Gasteiger charge is 2.21. The van der Waals surface area contributed by atoms with Crippen molar-refractivity contribution in [3.8, 4) is 11.3 Å². The number of carbonyl (C=O) groups excluding carboxylic acids is 1. The molecule has 2 heterocycles. The zero-order valence-corrected chi connectivity index (χ0v) is 13.5. The van der Waals surface area contributed by atoms with E-state index in [0.717, 1.165) is 25.6 Å². The topological polar surface area (TPSA) is 61.2 Å². The molecule has 24 heavy (non-hydrogen) atoms. The molecular formula is C18H19FN2O3. The Kier molecular flexibility index (Phi) is 4.74. The summed E-state index contributed by atoms with van der Waals surface area (Å²) in [5.74, 6) is -0.569. The number of esters is 1. The molecule has 2 aromatic heterocycles. The van der Waals surface area contributed by atoms with Crippen molar-refractivity contribution in [1.82, 2.24) is 9.55 Å². The third-order valence-electron chi connectivity index (χ3n) is 4.27. The average molecular weight is 330 g/mol. The van der Waals surface area contributed by atoms with E-state index < -0.39 is 17.2 Å². The predicted octanol–water partition coefficient (Wildman–Crippen LogP) is 3.03. The fourth-order valence-corrected chi connectivity index (χ4v) is 2.78. The Hall–Kier alpha value is -2.50. The van der Waals surface area contributed by atoms with E-state index in [0.29, 0.717) is 11.6 Å². The van der Waals surface area contributed by atoms with Gasteiger partial charge in [-0.3, -0.25) is 9.78 Å². The highest BCUT2D eigenvalue weighted by Crippen LogP contribution is 2.28. The van der Waals surface area contributed by atoms with Crippen molar-refractivity contribution in [2.45, 2.75) is 32.7 Å². The first-order chi connectivity index (χ1) is 11.6. The van der Waals surface area contributed by atoms with Crippen LogP contribution in [-0.2, 0) is 11.3 Å². The lowest BCUT2D eigenvalue weighted by Crippen LogP contribution is -2.24. The Bertz CT molecular complexity index is 795. The van der Waals surface area contributed by atoms with Gasteiger partial charge < -0.3 is 9.30 Å². The Morgan fingerprint density at radius 2 is 2.17 bits per heavy atom. The van der Waals surface area contributed by atoms with Crippen molar-refractivity contribution in [3.63, 3.8) is 0 Å². The fraction of sp³-hybridized carbons (Fsp3) is 0.389. The summed E-state index contributed by atoms with van der Waals surface area (Å²) >= 11 is 0. The zero-order chi connectivity index (χ0) is 17.1. The summed E-state index contributed by atoms with van der Waals surface area (Å²) in [6.45, 7) is 2.62. The summed E-state index contributed by atoms with van der Waals surface area (Å²) in [5, 5.41) is 0. The van der Waals surface area contributed by atoms with Crippen molar-refractivity contribution in [3.05, 3.63) is 52.3 Å². The maximum absolute atomic E-state index is 13.1. The highest BCUT2D eigenvalue weighted by molar-refractivity contribution is 5.90. The molecule has 0 spiro atoms. The van der Waals surface area contributed by atoms with Gasteiger partial charge in [0.05, 0.1) is 24.1 Å². The van der Waals surface area contributed by atoms with Crippen LogP contribution < -0.4 is 5.43 Å². The van der Waals surface area contributed by atoms with E-state index in [2.05, 4.69) is 4.98 Å². The van der Waals surface area contributed by atoms with Crippen LogP contribution >= 0.6 is 0 Å². The van der Waals surface area contributed by atoms with Gasteiger partial charge in [0, 0.05) is 18.9 Å². The molecule has 1 aliphatic carbocycles. The Morgan fingerprint density at radius 1 is 1.38 bits per heavy atom. The lowest BCUT2D eigenvalue weighted by Gasteiger charge is -2.26. The third kappa shape index (κ3) is 3.37. The van der Waals surface area contributed by atoms with Crippen LogP contribution in [0.4, 0.5) is 4.39 Å². The number of rotatable bonds is 5. The molecule has 0 aliphatic heterocycles. The van der Waals surface area contributed by atoms with E-state index in [-0.39, 0.29) is 17.7 Å². The van der Waals surface area contributed by atoms with Gasteiger partial charge in [0.1, 0.15) is 11.4 Å². The van der Waals surface area contributed by atoms with Crippen LogP contribution in [0.5, 0.6) is 0 Å². The summed E-state index contributed by atoms with van der Waals surface area (Å²) in [6, 6.07) is 2.68. The number of halogens is 1. The summed E-state index contributed by atoms with van der Waals surface area (Å²) in [4.78, 5) is 28.7. The van der Waals surface area contributed by atoms with Gasteiger partial charge >= 0.3 is 5.97 Å². The van der Waals surface area contributed by atoms with Gasteiger partial charge in [-0.25, -0.2) is 9.18 Å². The predicted molar refractivity (Wildman–Crippen MR) is 87.2 cm³/mol. The molecule has 0 aromatic carbocycles. The largest absolute Gasteiger partial charge is 0.462 e. The van der Waals surface area contributed by atoms with Gasteiger partial charge in [-0.1, -0.05) is 6.42 Å². The van der Waals surface area contributed by atoms with Crippen LogP contribution in [0.25, 0.3) is 11.3 Å². The molecule has 5 nitrogen and oxygen atoms in total. The van der Waals surface area contributed by atoms with E-state index >= 15 is 0 Å². The number of hydrogen-bond acceptors (Lipinski definition) is 4. The van der Waals surface area contributed by atoms with Crippen molar-refractivity contribution in [2.24, 2.45) is 5.92 Å². The van der Waals surface area contributed by atoms with Gasteiger partial charge in [0.2, 0.25) is 5.43 Å². The van der Waals surface area contributed by atoms with Crippen LogP contribution in [-0.4, -0.2) is 22.1 Å². The standard InChI is InChI=1S/C18H19FN2O3/c1-2-24-18(23)15-11-21(9-12-4-3-5-12)10-14(17(15)22)16-7-6-13(19)8-20-16/h6-8,10-12H,2-5,9H2,1H3. The van der Waals surface area contributed by atoms with Gasteiger partial charge in [-0.15, -0.1) is 0 Å². The smallest absolute Gasteiger partial charge is 0.343 e. The molecule has 1 aliphatic rings. The van der Waals surface area contributed by atoms with Crippen LogP contribution in [0, 0.1) is 11.7 Å². The molecule has 126 valence electrons. The van der Waals surface area contributed by atoms with Crippen LogP contribution in [0.1, 0.15) is 36.5 Å². The van der Waals surface area contributed by atoms with E-state index in [1.54, 1.807) is 19.3 Å². The number of pyridine rings is 2.